The SMILES string of the molecule is C=CCC(C)(C)C(N)CC(=O)OC. The average Bonchev–Trinajstić information content (AvgIpc) is 2.04. The number of hydrogen-bond donors (Lipinski definition) is 1. The molecule has 0 saturated carbocycles. The zero-order valence-electron chi connectivity index (χ0n) is 8.67. The van der Waals surface area contributed by atoms with Crippen LogP contribution < -0.4 is 5.73 Å². The van der Waals surface area contributed by atoms with Gasteiger partial charge in [-0.2, -0.15) is 0 Å². The zero-order valence-corrected chi connectivity index (χ0v) is 8.67. The Bertz CT molecular complexity index is 187. The molecule has 2 N–H and O–H groups in total. The van der Waals surface area contributed by atoms with Crippen molar-refractivity contribution in [1.82, 2.24) is 0 Å². The minimum atomic E-state index is -0.260. The summed E-state index contributed by atoms with van der Waals surface area (Å²) in [6.45, 7) is 7.69. The lowest BCUT2D eigenvalue weighted by molar-refractivity contribution is -0.141. The van der Waals surface area contributed by atoms with E-state index in [1.165, 1.54) is 7.11 Å². The molecule has 0 aromatic heterocycles. The smallest absolute Gasteiger partial charge is 0.307 e. The van der Waals surface area contributed by atoms with Gasteiger partial charge in [-0.3, -0.25) is 4.79 Å². The van der Waals surface area contributed by atoms with Crippen LogP contribution in [0.1, 0.15) is 26.7 Å². The highest BCUT2D eigenvalue weighted by atomic mass is 16.5. The van der Waals surface area contributed by atoms with Crippen molar-refractivity contribution in [2.75, 3.05) is 7.11 Å². The summed E-state index contributed by atoms with van der Waals surface area (Å²) in [5.41, 5.74) is 5.76. The summed E-state index contributed by atoms with van der Waals surface area (Å²) in [6.07, 6.45) is 2.87. The molecule has 0 rings (SSSR count). The predicted molar refractivity (Wildman–Crippen MR) is 53.2 cm³/mol. The summed E-state index contributed by atoms with van der Waals surface area (Å²) in [7, 11) is 1.37. The Labute approximate surface area is 79.9 Å². The first-order valence-electron chi connectivity index (χ1n) is 4.37. The molecule has 0 saturated heterocycles. The normalized spacial score (nSPS) is 13.5. The van der Waals surface area contributed by atoms with Gasteiger partial charge in [-0.15, -0.1) is 6.58 Å². The standard InChI is InChI=1S/C10H19NO2/c1-5-6-10(2,3)8(11)7-9(12)13-4/h5,8H,1,6-7,11H2,2-4H3. The number of ether oxygens (including phenoxy) is 1. The predicted octanol–water partition coefficient (Wildman–Crippen LogP) is 1.48. The van der Waals surface area contributed by atoms with E-state index in [4.69, 9.17) is 5.73 Å². The van der Waals surface area contributed by atoms with Crippen LogP contribution in [0.2, 0.25) is 0 Å². The van der Waals surface area contributed by atoms with Crippen molar-refractivity contribution in [2.45, 2.75) is 32.7 Å². The highest BCUT2D eigenvalue weighted by molar-refractivity contribution is 5.70. The van der Waals surface area contributed by atoms with Crippen LogP contribution >= 0.6 is 0 Å². The summed E-state index contributed by atoms with van der Waals surface area (Å²) < 4.78 is 4.55. The van der Waals surface area contributed by atoms with Crippen molar-refractivity contribution in [1.29, 1.82) is 0 Å². The molecule has 3 heteroatoms. The van der Waals surface area contributed by atoms with Crippen molar-refractivity contribution in [3.8, 4) is 0 Å². The number of allylic oxidation sites excluding steroid dienone is 1. The van der Waals surface area contributed by atoms with Gasteiger partial charge in [0, 0.05) is 6.04 Å². The van der Waals surface area contributed by atoms with Gasteiger partial charge in [-0.1, -0.05) is 19.9 Å². The van der Waals surface area contributed by atoms with E-state index in [9.17, 15) is 4.79 Å². The van der Waals surface area contributed by atoms with Crippen LogP contribution in [0, 0.1) is 5.41 Å². The molecule has 0 aliphatic rings. The van der Waals surface area contributed by atoms with Crippen molar-refractivity contribution in [2.24, 2.45) is 11.1 Å². The average molecular weight is 185 g/mol. The van der Waals surface area contributed by atoms with Crippen molar-refractivity contribution in [3.05, 3.63) is 12.7 Å². The molecule has 0 fully saturated rings. The van der Waals surface area contributed by atoms with Crippen LogP contribution in [-0.4, -0.2) is 19.1 Å². The van der Waals surface area contributed by atoms with E-state index in [2.05, 4.69) is 11.3 Å². The number of rotatable bonds is 5. The van der Waals surface area contributed by atoms with Gasteiger partial charge in [-0.05, 0) is 11.8 Å². The van der Waals surface area contributed by atoms with Crippen LogP contribution in [0.25, 0.3) is 0 Å². The quantitative estimate of drug-likeness (QED) is 0.521. The van der Waals surface area contributed by atoms with Gasteiger partial charge >= 0.3 is 5.97 Å². The summed E-state index contributed by atoms with van der Waals surface area (Å²) in [5.74, 6) is -0.260. The zero-order chi connectivity index (χ0) is 10.5. The lowest BCUT2D eigenvalue weighted by Crippen LogP contribution is -2.39. The third-order valence-electron chi connectivity index (χ3n) is 2.29. The summed E-state index contributed by atoms with van der Waals surface area (Å²) >= 11 is 0. The monoisotopic (exact) mass is 185 g/mol. The van der Waals surface area contributed by atoms with Gasteiger partial charge in [0.25, 0.3) is 0 Å². The first-order chi connectivity index (χ1) is 5.94. The molecule has 0 amide bonds. The van der Waals surface area contributed by atoms with Gasteiger partial charge in [-0.25, -0.2) is 0 Å². The Balaban J connectivity index is 4.14. The second kappa shape index (κ2) is 5.02. The first kappa shape index (κ1) is 12.2. The molecular formula is C10H19NO2. The van der Waals surface area contributed by atoms with E-state index in [1.807, 2.05) is 19.9 Å². The lowest BCUT2D eigenvalue weighted by atomic mass is 9.80. The molecule has 0 bridgehead atoms. The molecule has 1 atom stereocenters. The molecule has 0 heterocycles. The molecule has 3 nitrogen and oxygen atoms in total. The number of carbonyl (C=O) groups excluding carboxylic acids is 1. The fourth-order valence-corrected chi connectivity index (χ4v) is 1.06. The van der Waals surface area contributed by atoms with Gasteiger partial charge in [0.05, 0.1) is 13.5 Å². The maximum Gasteiger partial charge on any atom is 0.307 e. The highest BCUT2D eigenvalue weighted by Crippen LogP contribution is 2.26. The van der Waals surface area contributed by atoms with Crippen molar-refractivity contribution in [3.63, 3.8) is 0 Å². The third-order valence-corrected chi connectivity index (χ3v) is 2.29. The Morgan fingerprint density at radius 1 is 1.69 bits per heavy atom. The second-order valence-corrected chi connectivity index (χ2v) is 3.87. The molecule has 13 heavy (non-hydrogen) atoms. The number of nitrogens with two attached hydrogens (primary N) is 1. The van der Waals surface area contributed by atoms with Gasteiger partial charge in [0.1, 0.15) is 0 Å². The molecule has 0 radical (unpaired) electrons. The first-order valence-corrected chi connectivity index (χ1v) is 4.37. The molecule has 0 spiro atoms. The van der Waals surface area contributed by atoms with Crippen molar-refractivity contribution >= 4 is 5.97 Å². The van der Waals surface area contributed by atoms with Gasteiger partial charge in [0.2, 0.25) is 0 Å². The van der Waals surface area contributed by atoms with Gasteiger partial charge < -0.3 is 10.5 Å². The summed E-state index contributed by atoms with van der Waals surface area (Å²) in [5, 5.41) is 0. The fraction of sp³-hybridized carbons (Fsp3) is 0.700. The molecule has 0 aliphatic heterocycles. The maximum atomic E-state index is 10.9. The molecular weight excluding hydrogens is 166 g/mol. The van der Waals surface area contributed by atoms with E-state index in [1.54, 1.807) is 0 Å². The van der Waals surface area contributed by atoms with E-state index >= 15 is 0 Å². The number of carbonyl (C=O) groups is 1. The Morgan fingerprint density at radius 3 is 2.62 bits per heavy atom. The Morgan fingerprint density at radius 2 is 2.23 bits per heavy atom. The van der Waals surface area contributed by atoms with E-state index in [0.29, 0.717) is 0 Å². The largest absolute Gasteiger partial charge is 0.469 e. The fourth-order valence-electron chi connectivity index (χ4n) is 1.06. The summed E-state index contributed by atoms with van der Waals surface area (Å²) in [6, 6.07) is -0.182. The van der Waals surface area contributed by atoms with Crippen molar-refractivity contribution < 1.29 is 9.53 Å². The van der Waals surface area contributed by atoms with Crippen LogP contribution in [-0.2, 0) is 9.53 Å². The van der Waals surface area contributed by atoms with E-state index in [-0.39, 0.29) is 23.8 Å². The number of hydrogen-bond acceptors (Lipinski definition) is 3. The number of methoxy groups -OCH3 is 1. The van der Waals surface area contributed by atoms with Crippen LogP contribution in [0.4, 0.5) is 0 Å². The Hall–Kier alpha value is -0.830. The van der Waals surface area contributed by atoms with E-state index < -0.39 is 0 Å². The molecule has 0 aromatic rings. The van der Waals surface area contributed by atoms with Crippen LogP contribution in [0.5, 0.6) is 0 Å². The molecule has 0 aromatic carbocycles. The van der Waals surface area contributed by atoms with Crippen LogP contribution in [0.3, 0.4) is 0 Å². The minimum Gasteiger partial charge on any atom is -0.469 e. The van der Waals surface area contributed by atoms with Crippen LogP contribution in [0.15, 0.2) is 12.7 Å². The minimum absolute atomic E-state index is 0.101. The second-order valence-electron chi connectivity index (χ2n) is 3.87. The van der Waals surface area contributed by atoms with Gasteiger partial charge in [0.15, 0.2) is 0 Å². The molecule has 1 unspecified atom stereocenters. The Kier molecular flexibility index (Phi) is 4.70. The molecule has 76 valence electrons. The summed E-state index contributed by atoms with van der Waals surface area (Å²) in [4.78, 5) is 10.9. The third kappa shape index (κ3) is 4.08. The molecule has 0 aliphatic carbocycles. The topological polar surface area (TPSA) is 52.3 Å². The maximum absolute atomic E-state index is 10.9. The lowest BCUT2D eigenvalue weighted by Gasteiger charge is -2.29. The number of esters is 1. The van der Waals surface area contributed by atoms with E-state index in [0.717, 1.165) is 6.42 Å². The highest BCUT2D eigenvalue weighted by Gasteiger charge is 2.27.